The lowest BCUT2D eigenvalue weighted by Gasteiger charge is -2.32. The predicted octanol–water partition coefficient (Wildman–Crippen LogP) is 3.22. The van der Waals surface area contributed by atoms with Gasteiger partial charge in [0.05, 0.1) is 11.1 Å². The Balaban J connectivity index is 1.82. The maximum atomic E-state index is 12.8. The van der Waals surface area contributed by atoms with Crippen molar-refractivity contribution in [1.82, 2.24) is 9.80 Å². The molecule has 1 aliphatic rings. The lowest BCUT2D eigenvalue weighted by atomic mass is 9.98. The fraction of sp³-hybridized carbons (Fsp3) is 0.318. The molecule has 0 atom stereocenters. The number of benzene rings is 2. The van der Waals surface area contributed by atoms with Gasteiger partial charge in [-0.3, -0.25) is 4.90 Å². The molecule has 0 unspecified atom stereocenters. The summed E-state index contributed by atoms with van der Waals surface area (Å²) in [5, 5.41) is 11.3. The third-order valence-electron chi connectivity index (χ3n) is 5.45. The second-order valence-corrected chi connectivity index (χ2v) is 7.27. The van der Waals surface area contributed by atoms with Crippen LogP contribution in [0.4, 0.5) is 0 Å². The lowest BCUT2D eigenvalue weighted by Crippen LogP contribution is -2.43. The molecule has 0 radical (unpaired) electrons. The Morgan fingerprint density at radius 3 is 2.44 bits per heavy atom. The summed E-state index contributed by atoms with van der Waals surface area (Å²) in [5.41, 5.74) is 3.13. The van der Waals surface area contributed by atoms with Gasteiger partial charge in [0, 0.05) is 38.1 Å². The quantitative estimate of drug-likeness (QED) is 0.723. The average molecular weight is 364 g/mol. The molecule has 2 heterocycles. The molecule has 0 aliphatic carbocycles. The van der Waals surface area contributed by atoms with Crippen LogP contribution >= 0.6 is 0 Å². The first kappa shape index (κ1) is 17.8. The van der Waals surface area contributed by atoms with Crippen LogP contribution in [0.2, 0.25) is 0 Å². The van der Waals surface area contributed by atoms with Gasteiger partial charge in [-0.15, -0.1) is 0 Å². The molecule has 0 amide bonds. The Morgan fingerprint density at radius 2 is 1.74 bits per heavy atom. The van der Waals surface area contributed by atoms with Crippen molar-refractivity contribution in [2.24, 2.45) is 0 Å². The van der Waals surface area contributed by atoms with E-state index in [1.54, 1.807) is 6.07 Å². The first-order chi connectivity index (χ1) is 13.0. The molecule has 0 saturated carbocycles. The molecule has 1 N–H and O–H groups in total. The highest BCUT2D eigenvalue weighted by Gasteiger charge is 2.21. The maximum absolute atomic E-state index is 12.8. The molecular weight excluding hydrogens is 340 g/mol. The number of likely N-dealkylation sites (N-methyl/N-ethyl adjacent to an activating group) is 1. The molecule has 1 saturated heterocycles. The number of fused-ring (bicyclic) bond motifs is 1. The van der Waals surface area contributed by atoms with Crippen LogP contribution in [-0.4, -0.2) is 48.1 Å². The monoisotopic (exact) mass is 364 g/mol. The topological polar surface area (TPSA) is 56.9 Å². The summed E-state index contributed by atoms with van der Waals surface area (Å²) in [5.74, 6) is 0.177. The first-order valence-corrected chi connectivity index (χ1v) is 9.29. The summed E-state index contributed by atoms with van der Waals surface area (Å²) in [6, 6.07) is 13.1. The van der Waals surface area contributed by atoms with E-state index in [0.717, 1.165) is 42.7 Å². The molecule has 5 heteroatoms. The van der Waals surface area contributed by atoms with Crippen LogP contribution in [0.5, 0.6) is 5.75 Å². The van der Waals surface area contributed by atoms with Gasteiger partial charge < -0.3 is 14.4 Å². The van der Waals surface area contributed by atoms with Gasteiger partial charge in [-0.2, -0.15) is 0 Å². The number of aromatic hydroxyl groups is 1. The van der Waals surface area contributed by atoms with E-state index >= 15 is 0 Å². The van der Waals surface area contributed by atoms with Crippen LogP contribution in [0.25, 0.3) is 22.1 Å². The number of phenolic OH excluding ortho intramolecular Hbond substituents is 1. The number of piperazine rings is 1. The van der Waals surface area contributed by atoms with Crippen LogP contribution in [0.3, 0.4) is 0 Å². The van der Waals surface area contributed by atoms with Crippen molar-refractivity contribution >= 4 is 11.0 Å². The number of aryl methyl sites for hydroxylation is 1. The zero-order valence-corrected chi connectivity index (χ0v) is 15.7. The number of phenols is 1. The molecule has 1 fully saturated rings. The second-order valence-electron chi connectivity index (χ2n) is 7.27. The molecule has 2 aromatic carbocycles. The number of hydrogen-bond acceptors (Lipinski definition) is 5. The van der Waals surface area contributed by atoms with Crippen LogP contribution < -0.4 is 5.63 Å². The van der Waals surface area contributed by atoms with Crippen molar-refractivity contribution in [3.63, 3.8) is 0 Å². The summed E-state index contributed by atoms with van der Waals surface area (Å²) >= 11 is 0. The van der Waals surface area contributed by atoms with Crippen molar-refractivity contribution in [3.8, 4) is 16.9 Å². The predicted molar refractivity (Wildman–Crippen MR) is 107 cm³/mol. The Hall–Kier alpha value is -2.63. The molecule has 0 spiro atoms. The standard InChI is InChI=1S/C22H24N2O3/c1-15-17-8-9-19(25)18(14-24-12-10-23(2)11-13-24)21(17)27-22(26)20(15)16-6-4-3-5-7-16/h3-9,25H,10-14H2,1-2H3. The third kappa shape index (κ3) is 3.36. The first-order valence-electron chi connectivity index (χ1n) is 9.29. The Labute approximate surface area is 158 Å². The van der Waals surface area contributed by atoms with Gasteiger partial charge in [-0.1, -0.05) is 30.3 Å². The average Bonchev–Trinajstić information content (AvgIpc) is 2.67. The summed E-state index contributed by atoms with van der Waals surface area (Å²) in [6.07, 6.45) is 0. The van der Waals surface area contributed by atoms with E-state index < -0.39 is 0 Å². The highest BCUT2D eigenvalue weighted by molar-refractivity contribution is 5.89. The Morgan fingerprint density at radius 1 is 1.04 bits per heavy atom. The number of nitrogens with zero attached hydrogens (tertiary/aromatic N) is 2. The largest absolute Gasteiger partial charge is 0.507 e. The van der Waals surface area contributed by atoms with E-state index in [1.807, 2.05) is 43.3 Å². The van der Waals surface area contributed by atoms with Gasteiger partial charge >= 0.3 is 5.63 Å². The van der Waals surface area contributed by atoms with Crippen molar-refractivity contribution in [2.45, 2.75) is 13.5 Å². The molecule has 1 aromatic heterocycles. The molecule has 3 aromatic rings. The Kier molecular flexibility index (Phi) is 4.72. The van der Waals surface area contributed by atoms with Gasteiger partial charge in [-0.05, 0) is 37.2 Å². The van der Waals surface area contributed by atoms with Gasteiger partial charge in [0.15, 0.2) is 0 Å². The van der Waals surface area contributed by atoms with E-state index in [9.17, 15) is 9.90 Å². The fourth-order valence-electron chi connectivity index (χ4n) is 3.78. The van der Waals surface area contributed by atoms with E-state index in [1.165, 1.54) is 0 Å². The highest BCUT2D eigenvalue weighted by atomic mass is 16.4. The van der Waals surface area contributed by atoms with Crippen LogP contribution in [-0.2, 0) is 6.54 Å². The normalized spacial score (nSPS) is 16.1. The second kappa shape index (κ2) is 7.18. The van der Waals surface area contributed by atoms with Gasteiger partial charge in [0.25, 0.3) is 0 Å². The van der Waals surface area contributed by atoms with Crippen molar-refractivity contribution < 1.29 is 9.52 Å². The van der Waals surface area contributed by atoms with Gasteiger partial charge in [-0.25, -0.2) is 4.79 Å². The summed E-state index contributed by atoms with van der Waals surface area (Å²) in [6.45, 7) is 6.36. The minimum absolute atomic E-state index is 0.177. The summed E-state index contributed by atoms with van der Waals surface area (Å²) in [7, 11) is 2.11. The van der Waals surface area contributed by atoms with E-state index in [0.29, 0.717) is 23.3 Å². The smallest absolute Gasteiger partial charge is 0.344 e. The molecule has 27 heavy (non-hydrogen) atoms. The number of hydrogen-bond donors (Lipinski definition) is 1. The van der Waals surface area contributed by atoms with Crippen LogP contribution in [0.15, 0.2) is 51.7 Å². The molecular formula is C22H24N2O3. The minimum Gasteiger partial charge on any atom is -0.507 e. The van der Waals surface area contributed by atoms with E-state index in [2.05, 4.69) is 16.8 Å². The highest BCUT2D eigenvalue weighted by Crippen LogP contribution is 2.33. The summed E-state index contributed by atoms with van der Waals surface area (Å²) < 4.78 is 5.75. The van der Waals surface area contributed by atoms with Crippen LogP contribution in [0.1, 0.15) is 11.1 Å². The molecule has 4 rings (SSSR count). The molecule has 140 valence electrons. The van der Waals surface area contributed by atoms with Gasteiger partial charge in [0.1, 0.15) is 11.3 Å². The summed E-state index contributed by atoms with van der Waals surface area (Å²) in [4.78, 5) is 17.4. The van der Waals surface area contributed by atoms with Crippen molar-refractivity contribution in [3.05, 3.63) is 64.0 Å². The van der Waals surface area contributed by atoms with E-state index in [-0.39, 0.29) is 11.4 Å². The number of rotatable bonds is 3. The fourth-order valence-corrected chi connectivity index (χ4v) is 3.78. The Bertz CT molecular complexity index is 1020. The molecule has 1 aliphatic heterocycles. The SMILES string of the molecule is Cc1c(-c2ccccc2)c(=O)oc2c(CN3CCN(C)CC3)c(O)ccc12. The minimum atomic E-state index is -0.364. The zero-order valence-electron chi connectivity index (χ0n) is 15.7. The molecule has 5 nitrogen and oxygen atoms in total. The third-order valence-corrected chi connectivity index (χ3v) is 5.45. The van der Waals surface area contributed by atoms with Crippen molar-refractivity contribution in [1.29, 1.82) is 0 Å². The zero-order chi connectivity index (χ0) is 19.0. The lowest BCUT2D eigenvalue weighted by molar-refractivity contribution is 0.147. The van der Waals surface area contributed by atoms with Crippen molar-refractivity contribution in [2.75, 3.05) is 33.2 Å². The van der Waals surface area contributed by atoms with Gasteiger partial charge in [0.2, 0.25) is 0 Å². The maximum Gasteiger partial charge on any atom is 0.344 e. The van der Waals surface area contributed by atoms with E-state index in [4.69, 9.17) is 4.42 Å². The van der Waals surface area contributed by atoms with Crippen LogP contribution in [0, 0.1) is 6.92 Å². The molecule has 0 bridgehead atoms.